The second kappa shape index (κ2) is 10.6. The second-order valence-corrected chi connectivity index (χ2v) is 6.93. The standard InChI is InChI=1S/C20H22FNO3S/c1-15-6-8-17(9-7-15)26-13-11-20(24)25-14-19(23)22-12-10-16-4-2-3-5-18(16)21/h2-9H,10-14H2,1H3,(H,22,23). The summed E-state index contributed by atoms with van der Waals surface area (Å²) in [4.78, 5) is 24.4. The smallest absolute Gasteiger partial charge is 0.307 e. The highest BCUT2D eigenvalue weighted by Gasteiger charge is 2.08. The highest BCUT2D eigenvalue weighted by molar-refractivity contribution is 7.99. The number of thioether (sulfide) groups is 1. The number of esters is 1. The van der Waals surface area contributed by atoms with Gasteiger partial charge in [-0.05, 0) is 37.1 Å². The van der Waals surface area contributed by atoms with E-state index in [0.717, 1.165) is 4.90 Å². The highest BCUT2D eigenvalue weighted by atomic mass is 32.2. The SMILES string of the molecule is Cc1ccc(SCCC(=O)OCC(=O)NCCc2ccccc2F)cc1. The molecule has 2 aromatic rings. The second-order valence-electron chi connectivity index (χ2n) is 5.76. The zero-order valence-electron chi connectivity index (χ0n) is 14.7. The fraction of sp³-hybridized carbons (Fsp3) is 0.300. The van der Waals surface area contributed by atoms with Gasteiger partial charge in [0.25, 0.3) is 5.91 Å². The summed E-state index contributed by atoms with van der Waals surface area (Å²) < 4.78 is 18.4. The van der Waals surface area contributed by atoms with Crippen molar-refractivity contribution in [2.24, 2.45) is 0 Å². The summed E-state index contributed by atoms with van der Waals surface area (Å²) in [6.45, 7) is 2.00. The van der Waals surface area contributed by atoms with E-state index in [9.17, 15) is 14.0 Å². The lowest BCUT2D eigenvalue weighted by Crippen LogP contribution is -2.30. The zero-order chi connectivity index (χ0) is 18.8. The van der Waals surface area contributed by atoms with Crippen LogP contribution in [0.3, 0.4) is 0 Å². The molecule has 0 radical (unpaired) electrons. The number of hydrogen-bond acceptors (Lipinski definition) is 4. The molecule has 26 heavy (non-hydrogen) atoms. The molecule has 0 aromatic heterocycles. The summed E-state index contributed by atoms with van der Waals surface area (Å²) in [6.07, 6.45) is 0.626. The predicted molar refractivity (Wildman–Crippen MR) is 101 cm³/mol. The van der Waals surface area contributed by atoms with Gasteiger partial charge in [0.15, 0.2) is 6.61 Å². The molecule has 0 aliphatic rings. The van der Waals surface area contributed by atoms with Gasteiger partial charge in [-0.15, -0.1) is 11.8 Å². The summed E-state index contributed by atoms with van der Waals surface area (Å²) in [5.41, 5.74) is 1.73. The van der Waals surface area contributed by atoms with Gasteiger partial charge in [0.05, 0.1) is 6.42 Å². The molecular weight excluding hydrogens is 353 g/mol. The lowest BCUT2D eigenvalue weighted by atomic mass is 10.1. The third-order valence-electron chi connectivity index (χ3n) is 3.63. The number of benzene rings is 2. The molecule has 0 spiro atoms. The van der Waals surface area contributed by atoms with Gasteiger partial charge < -0.3 is 10.1 Å². The van der Waals surface area contributed by atoms with Crippen LogP contribution in [0.25, 0.3) is 0 Å². The van der Waals surface area contributed by atoms with Gasteiger partial charge >= 0.3 is 5.97 Å². The molecule has 0 atom stereocenters. The molecule has 0 heterocycles. The monoisotopic (exact) mass is 375 g/mol. The van der Waals surface area contributed by atoms with E-state index in [4.69, 9.17) is 4.74 Å². The molecule has 0 unspecified atom stereocenters. The van der Waals surface area contributed by atoms with Gasteiger partial charge in [-0.3, -0.25) is 9.59 Å². The highest BCUT2D eigenvalue weighted by Crippen LogP contribution is 2.19. The Hall–Kier alpha value is -2.34. The number of hydrogen-bond donors (Lipinski definition) is 1. The number of carbonyl (C=O) groups is 2. The Morgan fingerprint density at radius 3 is 2.58 bits per heavy atom. The van der Waals surface area contributed by atoms with E-state index in [0.29, 0.717) is 24.3 Å². The first kappa shape index (κ1) is 20.0. The predicted octanol–water partition coefficient (Wildman–Crippen LogP) is 3.52. The van der Waals surface area contributed by atoms with Gasteiger partial charge in [0.1, 0.15) is 5.82 Å². The fourth-order valence-electron chi connectivity index (χ4n) is 2.19. The normalized spacial score (nSPS) is 10.4. The van der Waals surface area contributed by atoms with E-state index in [-0.39, 0.29) is 24.8 Å². The maximum absolute atomic E-state index is 13.4. The lowest BCUT2D eigenvalue weighted by Gasteiger charge is -2.07. The Kier molecular flexibility index (Phi) is 8.15. The van der Waals surface area contributed by atoms with Crippen LogP contribution in [0.5, 0.6) is 0 Å². The molecule has 0 saturated heterocycles. The topological polar surface area (TPSA) is 55.4 Å². The molecule has 138 valence electrons. The van der Waals surface area contributed by atoms with E-state index in [1.165, 1.54) is 11.6 Å². The minimum atomic E-state index is -0.408. The number of amides is 1. The minimum Gasteiger partial charge on any atom is -0.456 e. The molecule has 2 rings (SSSR count). The Morgan fingerprint density at radius 1 is 1.12 bits per heavy atom. The molecule has 4 nitrogen and oxygen atoms in total. The maximum atomic E-state index is 13.4. The van der Waals surface area contributed by atoms with Gasteiger partial charge in [0, 0.05) is 17.2 Å². The fourth-order valence-corrected chi connectivity index (χ4v) is 3.03. The number of nitrogens with one attached hydrogen (secondary N) is 1. The summed E-state index contributed by atoms with van der Waals surface area (Å²) >= 11 is 1.57. The number of ether oxygens (including phenoxy) is 1. The molecule has 0 saturated carbocycles. The quantitative estimate of drug-likeness (QED) is 0.538. The van der Waals surface area contributed by atoms with Crippen molar-refractivity contribution in [1.29, 1.82) is 0 Å². The van der Waals surface area contributed by atoms with Crippen molar-refractivity contribution in [3.05, 3.63) is 65.5 Å². The summed E-state index contributed by atoms with van der Waals surface area (Å²) in [5.74, 6) is -0.495. The Morgan fingerprint density at radius 2 is 1.85 bits per heavy atom. The first-order valence-electron chi connectivity index (χ1n) is 8.40. The van der Waals surface area contributed by atoms with E-state index < -0.39 is 5.97 Å². The van der Waals surface area contributed by atoms with E-state index in [2.05, 4.69) is 5.32 Å². The average Bonchev–Trinajstić information content (AvgIpc) is 2.63. The summed E-state index contributed by atoms with van der Waals surface area (Å²) in [5, 5.41) is 2.61. The van der Waals surface area contributed by atoms with Crippen LogP contribution in [0.4, 0.5) is 4.39 Å². The molecular formula is C20H22FNO3S. The summed E-state index contributed by atoms with van der Waals surface area (Å²) in [7, 11) is 0. The first-order chi connectivity index (χ1) is 12.5. The first-order valence-corrected chi connectivity index (χ1v) is 9.38. The summed E-state index contributed by atoms with van der Waals surface area (Å²) in [6, 6.07) is 14.5. The Bertz CT molecular complexity index is 734. The average molecular weight is 375 g/mol. The molecule has 2 aromatic carbocycles. The third kappa shape index (κ3) is 7.27. The van der Waals surface area contributed by atoms with Gasteiger partial charge in [-0.25, -0.2) is 4.39 Å². The Labute approximate surface area is 157 Å². The van der Waals surface area contributed by atoms with Crippen LogP contribution in [-0.4, -0.2) is 30.8 Å². The molecule has 0 aliphatic carbocycles. The largest absolute Gasteiger partial charge is 0.456 e. The molecule has 0 aliphatic heterocycles. The van der Waals surface area contributed by atoms with Crippen LogP contribution < -0.4 is 5.32 Å². The Balaban J connectivity index is 1.57. The number of aryl methyl sites for hydroxylation is 1. The van der Waals surface area contributed by atoms with Crippen molar-refractivity contribution in [2.75, 3.05) is 18.9 Å². The van der Waals surface area contributed by atoms with Crippen molar-refractivity contribution in [2.45, 2.75) is 24.7 Å². The van der Waals surface area contributed by atoms with Crippen molar-refractivity contribution in [1.82, 2.24) is 5.32 Å². The van der Waals surface area contributed by atoms with Crippen molar-refractivity contribution in [3.63, 3.8) is 0 Å². The van der Waals surface area contributed by atoms with Crippen LogP contribution in [0.1, 0.15) is 17.5 Å². The van der Waals surface area contributed by atoms with E-state index in [1.807, 2.05) is 31.2 Å². The number of carbonyl (C=O) groups excluding carboxylic acids is 2. The van der Waals surface area contributed by atoms with Crippen molar-refractivity contribution >= 4 is 23.6 Å². The molecule has 0 fully saturated rings. The number of rotatable bonds is 9. The van der Waals surface area contributed by atoms with Crippen LogP contribution in [0.15, 0.2) is 53.4 Å². The number of halogens is 1. The lowest BCUT2D eigenvalue weighted by molar-refractivity contribution is -0.148. The molecule has 6 heteroatoms. The van der Waals surface area contributed by atoms with Crippen molar-refractivity contribution in [3.8, 4) is 0 Å². The van der Waals surface area contributed by atoms with Crippen LogP contribution in [-0.2, 0) is 20.7 Å². The maximum Gasteiger partial charge on any atom is 0.307 e. The van der Waals surface area contributed by atoms with Gasteiger partial charge in [-0.2, -0.15) is 0 Å². The zero-order valence-corrected chi connectivity index (χ0v) is 15.5. The van der Waals surface area contributed by atoms with Crippen LogP contribution in [0, 0.1) is 12.7 Å². The van der Waals surface area contributed by atoms with Gasteiger partial charge in [-0.1, -0.05) is 35.9 Å². The van der Waals surface area contributed by atoms with Crippen LogP contribution in [0.2, 0.25) is 0 Å². The molecule has 0 bridgehead atoms. The third-order valence-corrected chi connectivity index (χ3v) is 4.65. The van der Waals surface area contributed by atoms with E-state index >= 15 is 0 Å². The minimum absolute atomic E-state index is 0.237. The van der Waals surface area contributed by atoms with Crippen molar-refractivity contribution < 1.29 is 18.7 Å². The van der Waals surface area contributed by atoms with E-state index in [1.54, 1.807) is 30.0 Å². The van der Waals surface area contributed by atoms with Crippen LogP contribution >= 0.6 is 11.8 Å². The molecule has 1 amide bonds. The molecule has 1 N–H and O–H groups in total. The van der Waals surface area contributed by atoms with Gasteiger partial charge in [0.2, 0.25) is 0 Å².